The number of carbonyl (C=O) groups excluding carboxylic acids is 1. The molecule has 4 nitrogen and oxygen atoms in total. The van der Waals surface area contributed by atoms with Crippen molar-refractivity contribution in [1.29, 1.82) is 0 Å². The number of carbonyl (C=O) groups is 1. The summed E-state index contributed by atoms with van der Waals surface area (Å²) in [5.41, 5.74) is 0. The summed E-state index contributed by atoms with van der Waals surface area (Å²) in [5.74, 6) is 1.19. The first-order chi connectivity index (χ1) is 6.86. The summed E-state index contributed by atoms with van der Waals surface area (Å²) in [6.07, 6.45) is 3.16. The number of ether oxygens (including phenoxy) is 1. The summed E-state index contributed by atoms with van der Waals surface area (Å²) >= 11 is 1.56. The Morgan fingerprint density at radius 3 is 3.29 bits per heavy atom. The molecular formula is C9H10N2O2S. The number of hydrogen-bond acceptors (Lipinski definition) is 5. The van der Waals surface area contributed by atoms with Crippen LogP contribution in [0, 0.1) is 0 Å². The van der Waals surface area contributed by atoms with Crippen LogP contribution in [0.1, 0.15) is 0 Å². The minimum atomic E-state index is -0.250. The summed E-state index contributed by atoms with van der Waals surface area (Å²) in [7, 11) is 0. The van der Waals surface area contributed by atoms with Gasteiger partial charge in [-0.25, -0.2) is 4.79 Å². The van der Waals surface area contributed by atoms with Crippen molar-refractivity contribution in [2.45, 2.75) is 5.37 Å². The summed E-state index contributed by atoms with van der Waals surface area (Å²) in [5, 5.41) is 2.82. The Kier molecular flexibility index (Phi) is 3.00. The van der Waals surface area contributed by atoms with Gasteiger partial charge in [0.25, 0.3) is 0 Å². The molecule has 2 rings (SSSR count). The zero-order valence-electron chi connectivity index (χ0n) is 7.47. The molecule has 1 aromatic rings. The highest BCUT2D eigenvalue weighted by Crippen LogP contribution is 2.16. The van der Waals surface area contributed by atoms with Crippen LogP contribution in [0.25, 0.3) is 0 Å². The van der Waals surface area contributed by atoms with E-state index < -0.39 is 0 Å². The van der Waals surface area contributed by atoms with Gasteiger partial charge in [-0.05, 0) is 12.1 Å². The summed E-state index contributed by atoms with van der Waals surface area (Å²) in [4.78, 5) is 15.3. The molecular weight excluding hydrogens is 200 g/mol. The van der Waals surface area contributed by atoms with Gasteiger partial charge in [-0.1, -0.05) is 0 Å². The molecule has 74 valence electrons. The molecule has 1 N–H and O–H groups in total. The third kappa shape index (κ3) is 2.24. The maximum absolute atomic E-state index is 11.5. The van der Waals surface area contributed by atoms with E-state index in [1.54, 1.807) is 30.1 Å². The fraction of sp³-hybridized carbons (Fsp3) is 0.333. The van der Waals surface area contributed by atoms with Gasteiger partial charge in [-0.15, -0.1) is 11.8 Å². The number of rotatable bonds is 2. The Hall–Kier alpha value is -1.07. The molecule has 14 heavy (non-hydrogen) atoms. The smallest absolute Gasteiger partial charge is 0.339 e. The number of pyridine rings is 1. The lowest BCUT2D eigenvalue weighted by Crippen LogP contribution is -2.32. The molecule has 1 fully saturated rings. The summed E-state index contributed by atoms with van der Waals surface area (Å²) in [6, 6.07) is 3.45. The Morgan fingerprint density at radius 2 is 2.64 bits per heavy atom. The maximum Gasteiger partial charge on any atom is 0.339 e. The predicted octanol–water partition coefficient (Wildman–Crippen LogP) is 0.649. The lowest BCUT2D eigenvalue weighted by Gasteiger charge is -2.08. The van der Waals surface area contributed by atoms with Crippen LogP contribution in [0.15, 0.2) is 24.5 Å². The van der Waals surface area contributed by atoms with Crippen LogP contribution < -0.4 is 10.1 Å². The van der Waals surface area contributed by atoms with Crippen molar-refractivity contribution in [2.75, 3.05) is 12.3 Å². The molecule has 5 heteroatoms. The summed E-state index contributed by atoms with van der Waals surface area (Å²) in [6.45, 7) is 0.859. The first kappa shape index (κ1) is 9.48. The Labute approximate surface area is 86.1 Å². The second-order valence-corrected chi connectivity index (χ2v) is 4.03. The predicted molar refractivity (Wildman–Crippen MR) is 54.1 cm³/mol. The number of nitrogens with zero attached hydrogens (tertiary/aromatic N) is 1. The molecule has 1 aliphatic heterocycles. The van der Waals surface area contributed by atoms with Crippen LogP contribution in [0.4, 0.5) is 0 Å². The van der Waals surface area contributed by atoms with E-state index in [2.05, 4.69) is 10.3 Å². The van der Waals surface area contributed by atoms with Crippen LogP contribution in [0.3, 0.4) is 0 Å². The highest BCUT2D eigenvalue weighted by Gasteiger charge is 2.24. The van der Waals surface area contributed by atoms with Gasteiger partial charge in [0.15, 0.2) is 5.37 Å². The minimum absolute atomic E-state index is 0.227. The van der Waals surface area contributed by atoms with Crippen LogP contribution in [0.2, 0.25) is 0 Å². The van der Waals surface area contributed by atoms with Gasteiger partial charge in [0.2, 0.25) is 0 Å². The molecule has 0 radical (unpaired) electrons. The third-order valence-corrected chi connectivity index (χ3v) is 2.92. The molecule has 1 saturated heterocycles. The molecule has 0 unspecified atom stereocenters. The van der Waals surface area contributed by atoms with E-state index in [-0.39, 0.29) is 11.3 Å². The normalized spacial score (nSPS) is 20.7. The first-order valence-corrected chi connectivity index (χ1v) is 5.38. The number of esters is 1. The van der Waals surface area contributed by atoms with E-state index in [4.69, 9.17) is 4.74 Å². The van der Waals surface area contributed by atoms with Gasteiger partial charge in [0, 0.05) is 18.5 Å². The van der Waals surface area contributed by atoms with Gasteiger partial charge in [-0.2, -0.15) is 0 Å². The second-order valence-electron chi connectivity index (χ2n) is 2.81. The molecule has 0 bridgehead atoms. The lowest BCUT2D eigenvalue weighted by atomic mass is 10.5. The maximum atomic E-state index is 11.5. The van der Waals surface area contributed by atoms with E-state index in [9.17, 15) is 4.79 Å². The fourth-order valence-corrected chi connectivity index (χ4v) is 2.05. The number of aromatic nitrogens is 1. The van der Waals surface area contributed by atoms with Crippen molar-refractivity contribution >= 4 is 17.7 Å². The highest BCUT2D eigenvalue weighted by molar-refractivity contribution is 8.00. The molecule has 2 heterocycles. The number of nitrogens with one attached hydrogen (secondary N) is 1. The Balaban J connectivity index is 1.94. The number of hydrogen-bond donors (Lipinski definition) is 1. The number of thioether (sulfide) groups is 1. The average Bonchev–Trinajstić information content (AvgIpc) is 2.72. The van der Waals surface area contributed by atoms with E-state index in [1.807, 2.05) is 0 Å². The van der Waals surface area contributed by atoms with Crippen molar-refractivity contribution in [2.24, 2.45) is 0 Å². The van der Waals surface area contributed by atoms with Gasteiger partial charge in [-0.3, -0.25) is 10.3 Å². The largest absolute Gasteiger partial charge is 0.423 e. The molecule has 0 aliphatic carbocycles. The van der Waals surface area contributed by atoms with Gasteiger partial charge >= 0.3 is 5.97 Å². The van der Waals surface area contributed by atoms with Gasteiger partial charge in [0.1, 0.15) is 5.75 Å². The highest BCUT2D eigenvalue weighted by atomic mass is 32.2. The van der Waals surface area contributed by atoms with E-state index in [1.165, 1.54) is 6.20 Å². The zero-order valence-corrected chi connectivity index (χ0v) is 8.29. The standard InChI is InChI=1S/C9H10N2O2S/c12-9(8-11-4-5-14-8)13-7-2-1-3-10-6-7/h1-3,6,8,11H,4-5H2/t8-/m0/s1. The average molecular weight is 210 g/mol. The third-order valence-electron chi connectivity index (χ3n) is 1.78. The lowest BCUT2D eigenvalue weighted by molar-refractivity contribution is -0.134. The monoisotopic (exact) mass is 210 g/mol. The van der Waals surface area contributed by atoms with Crippen molar-refractivity contribution in [3.63, 3.8) is 0 Å². The second kappa shape index (κ2) is 4.43. The quantitative estimate of drug-likeness (QED) is 0.726. The van der Waals surface area contributed by atoms with Crippen molar-refractivity contribution in [3.8, 4) is 5.75 Å². The Morgan fingerprint density at radius 1 is 1.71 bits per heavy atom. The molecule has 1 aromatic heterocycles. The summed E-state index contributed by atoms with van der Waals surface area (Å²) < 4.78 is 5.11. The van der Waals surface area contributed by atoms with Crippen molar-refractivity contribution < 1.29 is 9.53 Å². The van der Waals surface area contributed by atoms with Gasteiger partial charge in [0.05, 0.1) is 6.20 Å². The van der Waals surface area contributed by atoms with Gasteiger partial charge < -0.3 is 4.74 Å². The molecule has 0 amide bonds. The van der Waals surface area contributed by atoms with E-state index >= 15 is 0 Å². The fourth-order valence-electron chi connectivity index (χ4n) is 1.15. The van der Waals surface area contributed by atoms with Crippen LogP contribution in [0.5, 0.6) is 5.75 Å². The topological polar surface area (TPSA) is 51.2 Å². The van der Waals surface area contributed by atoms with Crippen LogP contribution >= 0.6 is 11.8 Å². The molecule has 0 spiro atoms. The SMILES string of the molecule is O=C(Oc1cccnc1)[C@H]1NCCS1. The molecule has 0 aromatic carbocycles. The molecule has 1 atom stereocenters. The minimum Gasteiger partial charge on any atom is -0.423 e. The first-order valence-electron chi connectivity index (χ1n) is 4.33. The molecule has 0 saturated carbocycles. The molecule has 1 aliphatic rings. The van der Waals surface area contributed by atoms with E-state index in [0.29, 0.717) is 5.75 Å². The van der Waals surface area contributed by atoms with E-state index in [0.717, 1.165) is 12.3 Å². The van der Waals surface area contributed by atoms with Crippen LogP contribution in [-0.2, 0) is 4.79 Å². The van der Waals surface area contributed by atoms with Crippen LogP contribution in [-0.4, -0.2) is 28.6 Å². The van der Waals surface area contributed by atoms with Crippen molar-refractivity contribution in [1.82, 2.24) is 10.3 Å². The zero-order chi connectivity index (χ0) is 9.80. The van der Waals surface area contributed by atoms with Crippen molar-refractivity contribution in [3.05, 3.63) is 24.5 Å². The Bertz CT molecular complexity index is 312.